The van der Waals surface area contributed by atoms with Gasteiger partial charge in [-0.3, -0.25) is 4.90 Å². The Bertz CT molecular complexity index is 439. The van der Waals surface area contributed by atoms with Gasteiger partial charge in [-0.1, -0.05) is 12.1 Å². The van der Waals surface area contributed by atoms with Crippen molar-refractivity contribution in [3.8, 4) is 6.07 Å². The van der Waals surface area contributed by atoms with E-state index in [0.29, 0.717) is 18.2 Å². The van der Waals surface area contributed by atoms with Crippen molar-refractivity contribution in [3.63, 3.8) is 0 Å². The van der Waals surface area contributed by atoms with Gasteiger partial charge < -0.3 is 5.32 Å². The lowest BCUT2D eigenvalue weighted by molar-refractivity contribution is 0.164. The zero-order chi connectivity index (χ0) is 12.3. The maximum atomic E-state index is 13.9. The monoisotopic (exact) mass is 233 g/mol. The van der Waals surface area contributed by atoms with Crippen molar-refractivity contribution in [3.05, 3.63) is 35.1 Å². The molecule has 17 heavy (non-hydrogen) atoms. The van der Waals surface area contributed by atoms with Crippen LogP contribution in [0.2, 0.25) is 0 Å². The minimum atomic E-state index is -0.374. The predicted molar refractivity (Wildman–Crippen MR) is 63.9 cm³/mol. The number of halogens is 1. The molecule has 2 rings (SSSR count). The van der Waals surface area contributed by atoms with Gasteiger partial charge in [-0.05, 0) is 13.0 Å². The summed E-state index contributed by atoms with van der Waals surface area (Å²) in [7, 11) is 0. The van der Waals surface area contributed by atoms with Crippen LogP contribution < -0.4 is 5.32 Å². The molecular weight excluding hydrogens is 217 g/mol. The zero-order valence-corrected chi connectivity index (χ0v) is 9.91. The van der Waals surface area contributed by atoms with Crippen molar-refractivity contribution in [1.82, 2.24) is 10.2 Å². The van der Waals surface area contributed by atoms with Gasteiger partial charge in [-0.25, -0.2) is 4.39 Å². The molecule has 0 aromatic heterocycles. The molecule has 1 fully saturated rings. The van der Waals surface area contributed by atoms with Gasteiger partial charge in [0.15, 0.2) is 0 Å². The number of hydrogen-bond acceptors (Lipinski definition) is 3. The first-order chi connectivity index (χ1) is 8.22. The Labute approximate surface area is 101 Å². The summed E-state index contributed by atoms with van der Waals surface area (Å²) in [6.45, 7) is 5.48. The normalized spacial score (nSPS) is 21.1. The van der Waals surface area contributed by atoms with E-state index in [0.717, 1.165) is 19.6 Å². The quantitative estimate of drug-likeness (QED) is 0.841. The number of nitriles is 1. The Balaban J connectivity index is 2.16. The first kappa shape index (κ1) is 12.0. The summed E-state index contributed by atoms with van der Waals surface area (Å²) in [5.74, 6) is -0.374. The van der Waals surface area contributed by atoms with Gasteiger partial charge in [0.25, 0.3) is 0 Å². The molecule has 90 valence electrons. The number of hydrogen-bond donors (Lipinski definition) is 1. The van der Waals surface area contributed by atoms with Gasteiger partial charge in [0, 0.05) is 37.8 Å². The molecule has 1 aliphatic heterocycles. The Kier molecular flexibility index (Phi) is 3.72. The van der Waals surface area contributed by atoms with Gasteiger partial charge in [-0.2, -0.15) is 5.26 Å². The molecular formula is C13H16FN3. The molecule has 0 spiro atoms. The van der Waals surface area contributed by atoms with Crippen LogP contribution in [-0.2, 0) is 6.54 Å². The largest absolute Gasteiger partial charge is 0.314 e. The van der Waals surface area contributed by atoms with Crippen LogP contribution in [0, 0.1) is 17.1 Å². The highest BCUT2D eigenvalue weighted by Gasteiger charge is 2.19. The minimum absolute atomic E-state index is 0.130. The summed E-state index contributed by atoms with van der Waals surface area (Å²) in [5.41, 5.74) is 0.739. The third-order valence-corrected chi connectivity index (χ3v) is 3.21. The van der Waals surface area contributed by atoms with Crippen molar-refractivity contribution >= 4 is 0 Å². The highest BCUT2D eigenvalue weighted by atomic mass is 19.1. The van der Waals surface area contributed by atoms with Crippen LogP contribution in [0.1, 0.15) is 18.1 Å². The number of benzene rings is 1. The molecule has 0 unspecified atom stereocenters. The number of rotatable bonds is 2. The van der Waals surface area contributed by atoms with E-state index >= 15 is 0 Å². The second kappa shape index (κ2) is 5.26. The summed E-state index contributed by atoms with van der Waals surface area (Å²) in [6, 6.07) is 7.28. The standard InChI is InChI=1S/C13H16FN3/c1-10-8-16-5-6-17(10)9-12-4-2-3-11(7-15)13(12)14/h2-4,10,16H,5-6,8-9H2,1H3/t10-/m1/s1. The average Bonchev–Trinajstić information content (AvgIpc) is 2.34. The van der Waals surface area contributed by atoms with E-state index in [1.807, 2.05) is 6.07 Å². The molecule has 0 aliphatic carbocycles. The summed E-state index contributed by atoms with van der Waals surface area (Å²) in [5, 5.41) is 12.1. The van der Waals surface area contributed by atoms with E-state index in [2.05, 4.69) is 17.1 Å². The fraction of sp³-hybridized carbons (Fsp3) is 0.462. The van der Waals surface area contributed by atoms with Crippen LogP contribution in [0.15, 0.2) is 18.2 Å². The van der Waals surface area contributed by atoms with E-state index in [-0.39, 0.29) is 11.4 Å². The molecule has 1 heterocycles. The lowest BCUT2D eigenvalue weighted by Crippen LogP contribution is -2.49. The van der Waals surface area contributed by atoms with Crippen molar-refractivity contribution in [2.75, 3.05) is 19.6 Å². The Hall–Kier alpha value is -1.44. The van der Waals surface area contributed by atoms with Crippen LogP contribution >= 0.6 is 0 Å². The van der Waals surface area contributed by atoms with Gasteiger partial charge in [0.05, 0.1) is 5.56 Å². The predicted octanol–water partition coefficient (Wildman–Crippen LogP) is 1.49. The van der Waals surface area contributed by atoms with E-state index in [4.69, 9.17) is 5.26 Å². The number of nitrogens with zero attached hydrogens (tertiary/aromatic N) is 2. The zero-order valence-electron chi connectivity index (χ0n) is 9.91. The molecule has 1 aromatic rings. The number of nitrogens with one attached hydrogen (secondary N) is 1. The molecule has 0 radical (unpaired) electrons. The third kappa shape index (κ3) is 2.63. The Morgan fingerprint density at radius 2 is 2.41 bits per heavy atom. The second-order valence-electron chi connectivity index (χ2n) is 4.41. The van der Waals surface area contributed by atoms with Crippen LogP contribution in [0.5, 0.6) is 0 Å². The van der Waals surface area contributed by atoms with Crippen molar-refractivity contribution in [1.29, 1.82) is 5.26 Å². The summed E-state index contributed by atoms with van der Waals surface area (Å²) in [6.07, 6.45) is 0. The van der Waals surface area contributed by atoms with Gasteiger partial charge in [0.1, 0.15) is 11.9 Å². The molecule has 4 heteroatoms. The average molecular weight is 233 g/mol. The van der Waals surface area contributed by atoms with E-state index in [1.165, 1.54) is 6.07 Å². The third-order valence-electron chi connectivity index (χ3n) is 3.21. The highest BCUT2D eigenvalue weighted by molar-refractivity contribution is 5.34. The van der Waals surface area contributed by atoms with Crippen LogP contribution in [0.25, 0.3) is 0 Å². The summed E-state index contributed by atoms with van der Waals surface area (Å²) in [4.78, 5) is 2.23. The second-order valence-corrected chi connectivity index (χ2v) is 4.41. The van der Waals surface area contributed by atoms with Gasteiger partial charge in [0.2, 0.25) is 0 Å². The highest BCUT2D eigenvalue weighted by Crippen LogP contribution is 2.16. The van der Waals surface area contributed by atoms with Gasteiger partial charge >= 0.3 is 0 Å². The van der Waals surface area contributed by atoms with Crippen molar-refractivity contribution in [2.45, 2.75) is 19.5 Å². The molecule has 0 bridgehead atoms. The van der Waals surface area contributed by atoms with E-state index in [9.17, 15) is 4.39 Å². The van der Waals surface area contributed by atoms with Gasteiger partial charge in [-0.15, -0.1) is 0 Å². The maximum absolute atomic E-state index is 13.9. The fourth-order valence-corrected chi connectivity index (χ4v) is 2.13. The van der Waals surface area contributed by atoms with Crippen LogP contribution in [0.4, 0.5) is 4.39 Å². The number of piperazine rings is 1. The van der Waals surface area contributed by atoms with Crippen LogP contribution in [-0.4, -0.2) is 30.6 Å². The molecule has 0 saturated carbocycles. The molecule has 1 N–H and O–H groups in total. The first-order valence-electron chi connectivity index (χ1n) is 5.84. The smallest absolute Gasteiger partial charge is 0.145 e. The van der Waals surface area contributed by atoms with E-state index in [1.54, 1.807) is 12.1 Å². The fourth-order valence-electron chi connectivity index (χ4n) is 2.13. The minimum Gasteiger partial charge on any atom is -0.314 e. The van der Waals surface area contributed by atoms with E-state index < -0.39 is 0 Å². The molecule has 1 aromatic carbocycles. The topological polar surface area (TPSA) is 39.1 Å². The Morgan fingerprint density at radius 3 is 3.12 bits per heavy atom. The van der Waals surface area contributed by atoms with Crippen molar-refractivity contribution < 1.29 is 4.39 Å². The van der Waals surface area contributed by atoms with Crippen molar-refractivity contribution in [2.24, 2.45) is 0 Å². The molecule has 1 saturated heterocycles. The van der Waals surface area contributed by atoms with Crippen LogP contribution in [0.3, 0.4) is 0 Å². The summed E-state index contributed by atoms with van der Waals surface area (Å²) < 4.78 is 13.9. The molecule has 1 atom stereocenters. The molecule has 3 nitrogen and oxygen atoms in total. The Morgan fingerprint density at radius 1 is 1.59 bits per heavy atom. The lowest BCUT2D eigenvalue weighted by atomic mass is 10.1. The molecule has 1 aliphatic rings. The first-order valence-corrected chi connectivity index (χ1v) is 5.84. The maximum Gasteiger partial charge on any atom is 0.145 e. The summed E-state index contributed by atoms with van der Waals surface area (Å²) >= 11 is 0. The molecule has 0 amide bonds. The lowest BCUT2D eigenvalue weighted by Gasteiger charge is -2.33. The SMILES string of the molecule is C[C@@H]1CNCCN1Cc1cccc(C#N)c1F.